The maximum atomic E-state index is 13.5. The minimum atomic E-state index is -5.00. The van der Waals surface area contributed by atoms with Gasteiger partial charge in [-0.05, 0) is 53.7 Å². The van der Waals surface area contributed by atoms with Crippen LogP contribution in [-0.4, -0.2) is 11.1 Å². The first-order chi connectivity index (χ1) is 14.4. The van der Waals surface area contributed by atoms with Gasteiger partial charge in [-0.3, -0.25) is 14.9 Å². The largest absolute Gasteiger partial charge is 0.456 e. The van der Waals surface area contributed by atoms with E-state index < -0.39 is 46.1 Å². The summed E-state index contributed by atoms with van der Waals surface area (Å²) in [6.45, 7) is 0. The van der Waals surface area contributed by atoms with E-state index in [-0.39, 0.29) is 16.0 Å². The zero-order valence-electron chi connectivity index (χ0n) is 14.9. The molecule has 0 unspecified atom stereocenters. The average Bonchev–Trinajstić information content (AvgIpc) is 2.98. The summed E-state index contributed by atoms with van der Waals surface area (Å²) in [5, 5.41) is 10.0. The average molecular weight is 458 g/mol. The number of nitrogens with zero attached hydrogens (tertiary/aromatic N) is 1. The third-order valence-corrected chi connectivity index (χ3v) is 4.69. The number of carbonyl (C=O) groups excluding carboxylic acids is 2. The van der Waals surface area contributed by atoms with Crippen molar-refractivity contribution in [3.8, 4) is 17.6 Å². The Labute approximate surface area is 174 Å². The van der Waals surface area contributed by atoms with Crippen molar-refractivity contribution in [3.63, 3.8) is 0 Å². The second kappa shape index (κ2) is 7.99. The Balaban J connectivity index is 2.05. The van der Waals surface area contributed by atoms with Crippen LogP contribution in [0.15, 0.2) is 41.3 Å². The summed E-state index contributed by atoms with van der Waals surface area (Å²) in [5.74, 6) is -2.61. The highest BCUT2D eigenvalue weighted by atomic mass is 32.2. The van der Waals surface area contributed by atoms with Crippen LogP contribution in [0.4, 0.5) is 31.1 Å². The standard InChI is InChI=1S/C19H8F6N2O3S/c20-18(21,22)11-5-9(7-15-16(28)27-17(29)31-15)1-3-13(11)30-14-4-2-10(8-26)6-12(14)19(23,24)25/h1-7H,(H,27,28,29)/b15-7+. The number of amides is 2. The Morgan fingerprint density at radius 3 is 2.03 bits per heavy atom. The van der Waals surface area contributed by atoms with Gasteiger partial charge in [0.05, 0.1) is 27.7 Å². The van der Waals surface area contributed by atoms with Crippen molar-refractivity contribution in [1.82, 2.24) is 5.32 Å². The lowest BCUT2D eigenvalue weighted by Crippen LogP contribution is -2.17. The number of ether oxygens (including phenoxy) is 1. The van der Waals surface area contributed by atoms with Crippen LogP contribution in [0.3, 0.4) is 0 Å². The number of hydrogen-bond acceptors (Lipinski definition) is 5. The van der Waals surface area contributed by atoms with Gasteiger partial charge in [-0.15, -0.1) is 0 Å². The van der Waals surface area contributed by atoms with Gasteiger partial charge in [-0.2, -0.15) is 31.6 Å². The lowest BCUT2D eigenvalue weighted by molar-refractivity contribution is -0.139. The Kier molecular flexibility index (Phi) is 5.73. The van der Waals surface area contributed by atoms with Gasteiger partial charge in [0, 0.05) is 0 Å². The molecule has 3 rings (SSSR count). The molecule has 1 aliphatic rings. The van der Waals surface area contributed by atoms with Crippen LogP contribution in [0.25, 0.3) is 6.08 Å². The molecule has 0 aliphatic carbocycles. The first-order valence-electron chi connectivity index (χ1n) is 8.14. The summed E-state index contributed by atoms with van der Waals surface area (Å²) in [4.78, 5) is 22.6. The highest BCUT2D eigenvalue weighted by Crippen LogP contribution is 2.43. The Bertz CT molecular complexity index is 1150. The minimum absolute atomic E-state index is 0.122. The fourth-order valence-corrected chi connectivity index (χ4v) is 3.23. The third kappa shape index (κ3) is 5.00. The van der Waals surface area contributed by atoms with Crippen LogP contribution in [0.5, 0.6) is 11.5 Å². The molecule has 1 heterocycles. The number of carbonyl (C=O) groups is 2. The summed E-state index contributed by atoms with van der Waals surface area (Å²) in [5.41, 5.74) is -3.28. The lowest BCUT2D eigenvalue weighted by Gasteiger charge is -2.17. The molecule has 160 valence electrons. The van der Waals surface area contributed by atoms with Gasteiger partial charge in [0.2, 0.25) is 0 Å². The van der Waals surface area contributed by atoms with E-state index in [0.29, 0.717) is 23.9 Å². The number of alkyl halides is 6. The zero-order chi connectivity index (χ0) is 23.0. The van der Waals surface area contributed by atoms with Crippen LogP contribution < -0.4 is 10.1 Å². The van der Waals surface area contributed by atoms with Crippen LogP contribution in [-0.2, 0) is 17.1 Å². The predicted octanol–water partition coefficient (Wildman–Crippen LogP) is 5.71. The second-order valence-corrected chi connectivity index (χ2v) is 7.04. The Morgan fingerprint density at radius 1 is 0.935 bits per heavy atom. The quantitative estimate of drug-likeness (QED) is 0.471. The topological polar surface area (TPSA) is 79.2 Å². The van der Waals surface area contributed by atoms with Crippen molar-refractivity contribution < 1.29 is 40.7 Å². The second-order valence-electron chi connectivity index (χ2n) is 6.03. The van der Waals surface area contributed by atoms with Gasteiger partial charge in [0.15, 0.2) is 0 Å². The number of hydrogen-bond donors (Lipinski definition) is 1. The van der Waals surface area contributed by atoms with Crippen LogP contribution in [0, 0.1) is 11.3 Å². The monoisotopic (exact) mass is 458 g/mol. The number of nitrogens with one attached hydrogen (secondary N) is 1. The summed E-state index contributed by atoms with van der Waals surface area (Å²) in [6.07, 6.45) is -8.95. The van der Waals surface area contributed by atoms with Gasteiger partial charge in [-0.25, -0.2) is 0 Å². The van der Waals surface area contributed by atoms with Gasteiger partial charge in [0.25, 0.3) is 11.1 Å². The summed E-state index contributed by atoms with van der Waals surface area (Å²) in [6, 6.07) is 6.18. The lowest BCUT2D eigenvalue weighted by atomic mass is 10.1. The van der Waals surface area contributed by atoms with Crippen molar-refractivity contribution in [1.29, 1.82) is 5.26 Å². The fourth-order valence-electron chi connectivity index (χ4n) is 2.55. The van der Waals surface area contributed by atoms with E-state index in [0.717, 1.165) is 30.3 Å². The number of thioether (sulfide) groups is 1. The van der Waals surface area contributed by atoms with Crippen LogP contribution in [0.2, 0.25) is 0 Å². The number of halogens is 6. The molecule has 1 aliphatic heterocycles. The number of benzene rings is 2. The highest BCUT2D eigenvalue weighted by Gasteiger charge is 2.38. The third-order valence-electron chi connectivity index (χ3n) is 3.88. The van der Waals surface area contributed by atoms with E-state index >= 15 is 0 Å². The minimum Gasteiger partial charge on any atom is -0.456 e. The molecule has 1 saturated heterocycles. The maximum absolute atomic E-state index is 13.5. The molecule has 31 heavy (non-hydrogen) atoms. The summed E-state index contributed by atoms with van der Waals surface area (Å²) in [7, 11) is 0. The van der Waals surface area contributed by atoms with Crippen LogP contribution >= 0.6 is 11.8 Å². The first-order valence-corrected chi connectivity index (χ1v) is 8.95. The molecule has 12 heteroatoms. The molecular formula is C19H8F6N2O3S. The van der Waals surface area contributed by atoms with Crippen LogP contribution in [0.1, 0.15) is 22.3 Å². The van der Waals surface area contributed by atoms with E-state index in [1.165, 1.54) is 6.07 Å². The van der Waals surface area contributed by atoms with Crippen molar-refractivity contribution in [2.24, 2.45) is 0 Å². The Morgan fingerprint density at radius 2 is 1.52 bits per heavy atom. The van der Waals surface area contributed by atoms with Crippen molar-refractivity contribution in [3.05, 3.63) is 63.6 Å². The van der Waals surface area contributed by atoms with E-state index in [1.807, 2.05) is 5.32 Å². The molecule has 0 aromatic heterocycles. The number of imide groups is 1. The molecule has 1 N–H and O–H groups in total. The van der Waals surface area contributed by atoms with Crippen molar-refractivity contribution >= 4 is 29.0 Å². The molecule has 0 bridgehead atoms. The first kappa shape index (κ1) is 22.2. The van der Waals surface area contributed by atoms with E-state index in [9.17, 15) is 35.9 Å². The molecule has 5 nitrogen and oxygen atoms in total. The smallest absolute Gasteiger partial charge is 0.420 e. The fraction of sp³-hybridized carbons (Fsp3) is 0.105. The van der Waals surface area contributed by atoms with Gasteiger partial charge in [-0.1, -0.05) is 6.07 Å². The molecule has 2 amide bonds. The molecule has 2 aromatic rings. The molecule has 0 atom stereocenters. The molecule has 2 aromatic carbocycles. The number of rotatable bonds is 3. The van der Waals surface area contributed by atoms with Gasteiger partial charge >= 0.3 is 12.4 Å². The SMILES string of the molecule is N#Cc1ccc(Oc2ccc(/C=C3/SC(=O)NC3=O)cc2C(F)(F)F)c(C(F)(F)F)c1. The molecular weight excluding hydrogens is 450 g/mol. The van der Waals surface area contributed by atoms with Crippen molar-refractivity contribution in [2.75, 3.05) is 0 Å². The maximum Gasteiger partial charge on any atom is 0.420 e. The summed E-state index contributed by atoms with van der Waals surface area (Å²) >= 11 is 0.494. The summed E-state index contributed by atoms with van der Waals surface area (Å²) < 4.78 is 85.4. The van der Waals surface area contributed by atoms with E-state index in [2.05, 4.69) is 0 Å². The molecule has 0 spiro atoms. The van der Waals surface area contributed by atoms with Crippen molar-refractivity contribution in [2.45, 2.75) is 12.4 Å². The highest BCUT2D eigenvalue weighted by molar-refractivity contribution is 8.18. The zero-order valence-corrected chi connectivity index (χ0v) is 15.7. The predicted molar refractivity (Wildman–Crippen MR) is 96.8 cm³/mol. The molecule has 0 saturated carbocycles. The van der Waals surface area contributed by atoms with E-state index in [4.69, 9.17) is 10.00 Å². The van der Waals surface area contributed by atoms with Gasteiger partial charge < -0.3 is 4.74 Å². The normalized spacial score (nSPS) is 15.7. The molecule has 0 radical (unpaired) electrons. The Hall–Kier alpha value is -3.46. The molecule has 1 fully saturated rings. The van der Waals surface area contributed by atoms with Gasteiger partial charge in [0.1, 0.15) is 11.5 Å². The van der Waals surface area contributed by atoms with E-state index in [1.54, 1.807) is 0 Å². The number of nitriles is 1.